The van der Waals surface area contributed by atoms with Crippen molar-refractivity contribution in [2.45, 2.75) is 62.7 Å². The van der Waals surface area contributed by atoms with Crippen molar-refractivity contribution >= 4 is 15.9 Å². The average molecular weight is 274 g/mol. The smallest absolute Gasteiger partial charge is 0.253 e. The molecule has 5 nitrogen and oxygen atoms in total. The van der Waals surface area contributed by atoms with Gasteiger partial charge in [-0.3, -0.25) is 9.52 Å². The zero-order valence-corrected chi connectivity index (χ0v) is 11.8. The van der Waals surface area contributed by atoms with E-state index in [2.05, 4.69) is 4.72 Å². The van der Waals surface area contributed by atoms with Gasteiger partial charge in [-0.25, -0.2) is 8.42 Å². The standard InChI is InChI=1S/C12H22N2O3S/c1-3-5-11(6-7-11)18(16,17)14-10(15)12(13)8-9(12)4-2/h9H,3-8,13H2,1-2H3,(H,14,15)/t9-,12-/m1/s1. The molecule has 0 aliphatic heterocycles. The Labute approximate surface area is 109 Å². The van der Waals surface area contributed by atoms with Gasteiger partial charge >= 0.3 is 0 Å². The lowest BCUT2D eigenvalue weighted by Crippen LogP contribution is -2.50. The number of carbonyl (C=O) groups excluding carboxylic acids is 1. The molecule has 1 amide bonds. The Balaban J connectivity index is 2.04. The summed E-state index contributed by atoms with van der Waals surface area (Å²) in [5.74, 6) is -0.397. The van der Waals surface area contributed by atoms with Crippen molar-refractivity contribution in [3.63, 3.8) is 0 Å². The molecule has 2 atom stereocenters. The summed E-state index contributed by atoms with van der Waals surface area (Å²) in [5.41, 5.74) is 4.96. The molecule has 0 aromatic heterocycles. The Kier molecular flexibility index (Phi) is 3.22. The minimum atomic E-state index is -3.56. The predicted octanol–water partition coefficient (Wildman–Crippen LogP) is 0.892. The van der Waals surface area contributed by atoms with Crippen LogP contribution in [-0.4, -0.2) is 24.6 Å². The zero-order chi connectivity index (χ0) is 13.6. The van der Waals surface area contributed by atoms with Crippen LogP contribution in [0.25, 0.3) is 0 Å². The maximum absolute atomic E-state index is 12.2. The Morgan fingerprint density at radius 3 is 2.39 bits per heavy atom. The number of hydrogen-bond donors (Lipinski definition) is 2. The van der Waals surface area contributed by atoms with E-state index < -0.39 is 26.2 Å². The van der Waals surface area contributed by atoms with E-state index in [9.17, 15) is 13.2 Å². The molecule has 2 rings (SSSR count). The van der Waals surface area contributed by atoms with Crippen LogP contribution in [0.1, 0.15) is 52.4 Å². The van der Waals surface area contributed by atoms with E-state index in [4.69, 9.17) is 5.73 Å². The van der Waals surface area contributed by atoms with Crippen molar-refractivity contribution in [2.24, 2.45) is 11.7 Å². The summed E-state index contributed by atoms with van der Waals surface area (Å²) in [6, 6.07) is 0. The van der Waals surface area contributed by atoms with Crippen molar-refractivity contribution in [1.29, 1.82) is 0 Å². The summed E-state index contributed by atoms with van der Waals surface area (Å²) in [6.07, 6.45) is 4.12. The second-order valence-electron chi connectivity index (χ2n) is 5.72. The lowest BCUT2D eigenvalue weighted by Gasteiger charge is -2.18. The zero-order valence-electron chi connectivity index (χ0n) is 11.0. The number of sulfonamides is 1. The Morgan fingerprint density at radius 1 is 1.39 bits per heavy atom. The van der Waals surface area contributed by atoms with E-state index in [1.807, 2.05) is 13.8 Å². The van der Waals surface area contributed by atoms with Crippen molar-refractivity contribution in [3.8, 4) is 0 Å². The van der Waals surface area contributed by atoms with Gasteiger partial charge in [-0.2, -0.15) is 0 Å². The van der Waals surface area contributed by atoms with Crippen LogP contribution < -0.4 is 10.5 Å². The van der Waals surface area contributed by atoms with Gasteiger partial charge in [0.15, 0.2) is 0 Å². The largest absolute Gasteiger partial charge is 0.317 e. The first-order chi connectivity index (χ1) is 8.31. The summed E-state index contributed by atoms with van der Waals surface area (Å²) < 4.78 is 25.9. The van der Waals surface area contributed by atoms with Crippen LogP contribution in [0.5, 0.6) is 0 Å². The number of nitrogens with two attached hydrogens (primary N) is 1. The van der Waals surface area contributed by atoms with Crippen molar-refractivity contribution < 1.29 is 13.2 Å². The number of nitrogens with one attached hydrogen (secondary N) is 1. The van der Waals surface area contributed by atoms with E-state index in [0.29, 0.717) is 25.7 Å². The summed E-state index contributed by atoms with van der Waals surface area (Å²) >= 11 is 0. The molecule has 2 fully saturated rings. The molecule has 0 unspecified atom stereocenters. The fraction of sp³-hybridized carbons (Fsp3) is 0.917. The number of amides is 1. The molecule has 2 aliphatic carbocycles. The fourth-order valence-corrected chi connectivity index (χ4v) is 4.47. The van der Waals surface area contributed by atoms with Gasteiger partial charge in [0.25, 0.3) is 5.91 Å². The highest BCUT2D eigenvalue weighted by molar-refractivity contribution is 7.91. The third-order valence-corrected chi connectivity index (χ3v) is 6.59. The van der Waals surface area contributed by atoms with Gasteiger partial charge in [-0.1, -0.05) is 26.7 Å². The second-order valence-corrected chi connectivity index (χ2v) is 7.79. The van der Waals surface area contributed by atoms with Crippen molar-refractivity contribution in [1.82, 2.24) is 4.72 Å². The molecule has 0 radical (unpaired) electrons. The summed E-state index contributed by atoms with van der Waals surface area (Å²) in [4.78, 5) is 12.0. The number of carbonyl (C=O) groups is 1. The molecule has 104 valence electrons. The average Bonchev–Trinajstić information content (AvgIpc) is 3.15. The molecule has 0 aromatic carbocycles. The van der Waals surface area contributed by atoms with Gasteiger partial charge < -0.3 is 5.73 Å². The molecule has 2 saturated carbocycles. The lowest BCUT2D eigenvalue weighted by molar-refractivity contribution is -0.121. The van der Waals surface area contributed by atoms with E-state index in [1.165, 1.54) is 0 Å². The molecule has 6 heteroatoms. The van der Waals surface area contributed by atoms with Crippen LogP contribution in [-0.2, 0) is 14.8 Å². The molecule has 0 spiro atoms. The van der Waals surface area contributed by atoms with Gasteiger partial charge in [0.05, 0.1) is 10.3 Å². The Morgan fingerprint density at radius 2 is 2.00 bits per heavy atom. The molecule has 0 heterocycles. The van der Waals surface area contributed by atoms with Crippen molar-refractivity contribution in [2.75, 3.05) is 0 Å². The van der Waals surface area contributed by atoms with Crippen LogP contribution >= 0.6 is 0 Å². The van der Waals surface area contributed by atoms with Gasteiger partial charge in [0.1, 0.15) is 0 Å². The number of hydrogen-bond acceptors (Lipinski definition) is 4. The van der Waals surface area contributed by atoms with E-state index >= 15 is 0 Å². The maximum Gasteiger partial charge on any atom is 0.253 e. The fourth-order valence-electron chi connectivity index (χ4n) is 2.71. The molecule has 2 aliphatic rings. The highest BCUT2D eigenvalue weighted by Gasteiger charge is 2.60. The van der Waals surface area contributed by atoms with Crippen LogP contribution in [0.15, 0.2) is 0 Å². The normalized spacial score (nSPS) is 32.9. The third-order valence-electron chi connectivity index (χ3n) is 4.38. The minimum absolute atomic E-state index is 0.119. The molecule has 0 saturated heterocycles. The highest BCUT2D eigenvalue weighted by Crippen LogP contribution is 2.48. The first kappa shape index (κ1) is 13.8. The van der Waals surface area contributed by atoms with E-state index in [0.717, 1.165) is 12.8 Å². The molecule has 3 N–H and O–H groups in total. The Bertz CT molecular complexity index is 456. The van der Waals surface area contributed by atoms with Crippen LogP contribution in [0.2, 0.25) is 0 Å². The molecule has 0 bridgehead atoms. The lowest BCUT2D eigenvalue weighted by atomic mass is 10.2. The quantitative estimate of drug-likeness (QED) is 0.753. The second kappa shape index (κ2) is 4.20. The minimum Gasteiger partial charge on any atom is -0.317 e. The van der Waals surface area contributed by atoms with Gasteiger partial charge in [0.2, 0.25) is 10.0 Å². The third kappa shape index (κ3) is 2.05. The van der Waals surface area contributed by atoms with Crippen LogP contribution in [0.4, 0.5) is 0 Å². The summed E-state index contributed by atoms with van der Waals surface area (Å²) in [5, 5.41) is 0. The molecular weight excluding hydrogens is 252 g/mol. The van der Waals surface area contributed by atoms with Gasteiger partial charge in [-0.15, -0.1) is 0 Å². The highest BCUT2D eigenvalue weighted by atomic mass is 32.2. The topological polar surface area (TPSA) is 89.3 Å². The Hall–Kier alpha value is -0.620. The van der Waals surface area contributed by atoms with Crippen molar-refractivity contribution in [3.05, 3.63) is 0 Å². The van der Waals surface area contributed by atoms with Gasteiger partial charge in [0, 0.05) is 0 Å². The predicted molar refractivity (Wildman–Crippen MR) is 69.3 cm³/mol. The maximum atomic E-state index is 12.2. The van der Waals surface area contributed by atoms with Crippen LogP contribution in [0.3, 0.4) is 0 Å². The summed E-state index contributed by atoms with van der Waals surface area (Å²) in [6.45, 7) is 3.91. The summed E-state index contributed by atoms with van der Waals surface area (Å²) in [7, 11) is -3.56. The number of rotatable bonds is 6. The monoisotopic (exact) mass is 274 g/mol. The van der Waals surface area contributed by atoms with E-state index in [1.54, 1.807) is 0 Å². The first-order valence-corrected chi connectivity index (χ1v) is 8.15. The SMILES string of the molecule is CCCC1(S(=O)(=O)NC(=O)[C@@]2(N)C[C@H]2CC)CC1. The van der Waals surface area contributed by atoms with Gasteiger partial charge in [-0.05, 0) is 31.6 Å². The molecular formula is C12H22N2O3S. The van der Waals surface area contributed by atoms with Crippen LogP contribution in [0, 0.1) is 5.92 Å². The molecule has 18 heavy (non-hydrogen) atoms. The molecule has 0 aromatic rings. The van der Waals surface area contributed by atoms with E-state index in [-0.39, 0.29) is 5.92 Å². The first-order valence-electron chi connectivity index (χ1n) is 6.67.